The third-order valence-corrected chi connectivity index (χ3v) is 2.95. The lowest BCUT2D eigenvalue weighted by Gasteiger charge is -2.05. The highest BCUT2D eigenvalue weighted by molar-refractivity contribution is 6.31. The molecule has 5 heteroatoms. The van der Waals surface area contributed by atoms with Crippen LogP contribution in [0.2, 0.25) is 5.02 Å². The molecule has 0 aliphatic carbocycles. The summed E-state index contributed by atoms with van der Waals surface area (Å²) in [6.07, 6.45) is 0. The molecule has 0 aromatic heterocycles. The first-order valence-electron chi connectivity index (χ1n) is 5.26. The second kappa shape index (κ2) is 5.09. The van der Waals surface area contributed by atoms with Crippen LogP contribution in [0.3, 0.4) is 0 Å². The summed E-state index contributed by atoms with van der Waals surface area (Å²) in [4.78, 5) is 10.9. The molecule has 0 aliphatic heterocycles. The minimum atomic E-state index is -1.34. The van der Waals surface area contributed by atoms with Crippen LogP contribution in [-0.4, -0.2) is 11.1 Å². The number of carbonyl (C=O) groups is 1. The summed E-state index contributed by atoms with van der Waals surface area (Å²) in [5, 5.41) is 18.1. The second-order valence-corrected chi connectivity index (χ2v) is 4.21. The molecule has 94 valence electrons. The van der Waals surface area contributed by atoms with E-state index in [1.807, 2.05) is 6.07 Å². The van der Waals surface area contributed by atoms with Crippen molar-refractivity contribution in [2.75, 3.05) is 0 Å². The number of benzene rings is 2. The van der Waals surface area contributed by atoms with E-state index in [9.17, 15) is 9.18 Å². The molecular weight excluding hydrogens is 269 g/mol. The summed E-state index contributed by atoms with van der Waals surface area (Å²) in [7, 11) is 0. The maximum atomic E-state index is 13.3. The molecule has 2 aromatic carbocycles. The van der Waals surface area contributed by atoms with E-state index in [0.29, 0.717) is 16.1 Å². The summed E-state index contributed by atoms with van der Waals surface area (Å²) in [6.45, 7) is 0. The van der Waals surface area contributed by atoms with Crippen LogP contribution in [0.5, 0.6) is 0 Å². The third-order valence-electron chi connectivity index (χ3n) is 2.62. The van der Waals surface area contributed by atoms with Crippen molar-refractivity contribution < 1.29 is 14.3 Å². The number of nitriles is 1. The molecule has 0 aliphatic rings. The Morgan fingerprint density at radius 1 is 1.21 bits per heavy atom. The lowest BCUT2D eigenvalue weighted by Crippen LogP contribution is -2.00. The van der Waals surface area contributed by atoms with Crippen molar-refractivity contribution in [3.63, 3.8) is 0 Å². The highest BCUT2D eigenvalue weighted by Gasteiger charge is 2.12. The van der Waals surface area contributed by atoms with Crippen LogP contribution < -0.4 is 0 Å². The van der Waals surface area contributed by atoms with Crippen molar-refractivity contribution in [1.82, 2.24) is 0 Å². The molecule has 1 N–H and O–H groups in total. The molecule has 0 fully saturated rings. The van der Waals surface area contributed by atoms with Crippen LogP contribution in [-0.2, 0) is 0 Å². The van der Waals surface area contributed by atoms with Gasteiger partial charge >= 0.3 is 5.97 Å². The lowest BCUT2D eigenvalue weighted by atomic mass is 10.0. The molecule has 19 heavy (non-hydrogen) atoms. The maximum Gasteiger partial charge on any atom is 0.338 e. The Morgan fingerprint density at radius 2 is 1.84 bits per heavy atom. The van der Waals surface area contributed by atoms with E-state index in [0.717, 1.165) is 6.07 Å². The number of carboxylic acid groups (broad SMARTS) is 1. The molecule has 0 spiro atoms. The van der Waals surface area contributed by atoms with E-state index in [1.54, 1.807) is 12.1 Å². The SMILES string of the molecule is N#Cc1cc(-c2ccc(F)c(C(=O)O)c2)ccc1Cl. The van der Waals surface area contributed by atoms with Crippen molar-refractivity contribution in [3.05, 3.63) is 58.4 Å². The fraction of sp³-hybridized carbons (Fsp3) is 0. The summed E-state index contributed by atoms with van der Waals surface area (Å²) < 4.78 is 13.3. The number of nitrogens with zero attached hydrogens (tertiary/aromatic N) is 1. The van der Waals surface area contributed by atoms with Crippen LogP contribution in [0.25, 0.3) is 11.1 Å². The maximum absolute atomic E-state index is 13.3. The number of hydrogen-bond acceptors (Lipinski definition) is 2. The van der Waals surface area contributed by atoms with Crippen LogP contribution >= 0.6 is 11.6 Å². The Morgan fingerprint density at radius 3 is 2.47 bits per heavy atom. The minimum Gasteiger partial charge on any atom is -0.478 e. The monoisotopic (exact) mass is 275 g/mol. The van der Waals surface area contributed by atoms with Gasteiger partial charge in [0, 0.05) is 0 Å². The quantitative estimate of drug-likeness (QED) is 0.909. The zero-order valence-corrected chi connectivity index (χ0v) is 10.3. The average Bonchev–Trinajstić information content (AvgIpc) is 2.39. The zero-order valence-electron chi connectivity index (χ0n) is 9.52. The van der Waals surface area contributed by atoms with Gasteiger partial charge in [0.05, 0.1) is 16.1 Å². The molecule has 0 saturated carbocycles. The normalized spacial score (nSPS) is 9.95. The van der Waals surface area contributed by atoms with Crippen LogP contribution in [0.4, 0.5) is 4.39 Å². The van der Waals surface area contributed by atoms with Gasteiger partial charge in [0.1, 0.15) is 11.9 Å². The van der Waals surface area contributed by atoms with E-state index < -0.39 is 17.3 Å². The fourth-order valence-electron chi connectivity index (χ4n) is 1.66. The number of rotatable bonds is 2. The lowest BCUT2D eigenvalue weighted by molar-refractivity contribution is 0.0692. The molecule has 0 amide bonds. The van der Waals surface area contributed by atoms with Crippen LogP contribution in [0.15, 0.2) is 36.4 Å². The molecule has 0 heterocycles. The van der Waals surface area contributed by atoms with Crippen molar-refractivity contribution in [2.45, 2.75) is 0 Å². The molecule has 2 aromatic rings. The first kappa shape index (κ1) is 13.1. The van der Waals surface area contributed by atoms with Gasteiger partial charge in [-0.15, -0.1) is 0 Å². The van der Waals surface area contributed by atoms with Gasteiger partial charge in [-0.25, -0.2) is 9.18 Å². The van der Waals surface area contributed by atoms with E-state index >= 15 is 0 Å². The number of halogens is 2. The van der Waals surface area contributed by atoms with Gasteiger partial charge in [-0.05, 0) is 35.4 Å². The molecule has 2 rings (SSSR count). The van der Waals surface area contributed by atoms with Gasteiger partial charge in [0.25, 0.3) is 0 Å². The third kappa shape index (κ3) is 2.56. The Bertz CT molecular complexity index is 707. The van der Waals surface area contributed by atoms with Gasteiger partial charge in [0.15, 0.2) is 0 Å². The summed E-state index contributed by atoms with van der Waals surface area (Å²) in [6, 6.07) is 10.4. The molecular formula is C14H7ClFNO2. The molecule has 0 bridgehead atoms. The van der Waals surface area contributed by atoms with E-state index in [2.05, 4.69) is 0 Å². The smallest absolute Gasteiger partial charge is 0.338 e. The molecule has 0 saturated heterocycles. The minimum absolute atomic E-state index is 0.278. The van der Waals surface area contributed by atoms with Crippen molar-refractivity contribution in [3.8, 4) is 17.2 Å². The van der Waals surface area contributed by atoms with E-state index in [1.165, 1.54) is 18.2 Å². The van der Waals surface area contributed by atoms with Gasteiger partial charge < -0.3 is 5.11 Å². The summed E-state index contributed by atoms with van der Waals surface area (Å²) in [5.41, 5.74) is 0.974. The second-order valence-electron chi connectivity index (χ2n) is 3.81. The van der Waals surface area contributed by atoms with Crippen molar-refractivity contribution in [1.29, 1.82) is 5.26 Å². The highest BCUT2D eigenvalue weighted by atomic mass is 35.5. The van der Waals surface area contributed by atoms with Gasteiger partial charge in [-0.3, -0.25) is 0 Å². The molecule has 0 unspecified atom stereocenters. The predicted molar refractivity (Wildman–Crippen MR) is 68.5 cm³/mol. The highest BCUT2D eigenvalue weighted by Crippen LogP contribution is 2.26. The first-order valence-corrected chi connectivity index (χ1v) is 5.63. The van der Waals surface area contributed by atoms with Gasteiger partial charge in [-0.2, -0.15) is 5.26 Å². The molecule has 0 atom stereocenters. The fourth-order valence-corrected chi connectivity index (χ4v) is 1.82. The number of carboxylic acids is 1. The topological polar surface area (TPSA) is 61.1 Å². The average molecular weight is 276 g/mol. The molecule has 3 nitrogen and oxygen atoms in total. The predicted octanol–water partition coefficient (Wildman–Crippen LogP) is 3.72. The van der Waals surface area contributed by atoms with Crippen molar-refractivity contribution in [2.24, 2.45) is 0 Å². The summed E-state index contributed by atoms with van der Waals surface area (Å²) in [5.74, 6) is -2.14. The number of aromatic carboxylic acids is 1. The van der Waals surface area contributed by atoms with Gasteiger partial charge in [0.2, 0.25) is 0 Å². The van der Waals surface area contributed by atoms with Gasteiger partial charge in [-0.1, -0.05) is 23.7 Å². The van der Waals surface area contributed by atoms with Crippen LogP contribution in [0.1, 0.15) is 15.9 Å². The molecule has 0 radical (unpaired) electrons. The van der Waals surface area contributed by atoms with Crippen molar-refractivity contribution >= 4 is 17.6 Å². The number of hydrogen-bond donors (Lipinski definition) is 1. The first-order chi connectivity index (χ1) is 9.02. The van der Waals surface area contributed by atoms with E-state index in [4.69, 9.17) is 22.0 Å². The largest absolute Gasteiger partial charge is 0.478 e. The standard InChI is InChI=1S/C14H7ClFNO2/c15-12-3-1-8(5-10(12)7-17)9-2-4-13(16)11(6-9)14(18)19/h1-6H,(H,18,19). The zero-order chi connectivity index (χ0) is 14.0. The Hall–Kier alpha value is -2.38. The van der Waals surface area contributed by atoms with Crippen LogP contribution in [0, 0.1) is 17.1 Å². The van der Waals surface area contributed by atoms with E-state index in [-0.39, 0.29) is 5.56 Å². The Labute approximate surface area is 113 Å². The Kier molecular flexibility index (Phi) is 3.50. The Balaban J connectivity index is 2.57. The summed E-state index contributed by atoms with van der Waals surface area (Å²) >= 11 is 5.81.